The molecule has 0 spiro atoms. The molecule has 8 heteroatoms. The molecular formula is C22H20FN7. The Hall–Kier alpha value is -3.68. The highest BCUT2D eigenvalue weighted by Crippen LogP contribution is 2.29. The van der Waals surface area contributed by atoms with Crippen LogP contribution in [0.5, 0.6) is 0 Å². The molecule has 0 saturated carbocycles. The molecule has 1 aliphatic heterocycles. The van der Waals surface area contributed by atoms with Gasteiger partial charge in [0, 0.05) is 48.7 Å². The number of hydrogen-bond donors (Lipinski definition) is 1. The molecule has 1 N–H and O–H groups in total. The molecule has 4 heterocycles. The molecule has 1 aromatic carbocycles. The Labute approximate surface area is 173 Å². The molecule has 3 aromatic heterocycles. The fourth-order valence-corrected chi connectivity index (χ4v) is 3.78. The van der Waals surface area contributed by atoms with E-state index >= 15 is 0 Å². The number of rotatable bonds is 4. The number of nitrogens with one attached hydrogen (secondary N) is 1. The number of piperidine rings is 1. The van der Waals surface area contributed by atoms with Crippen LogP contribution in [0.25, 0.3) is 22.6 Å². The highest BCUT2D eigenvalue weighted by Gasteiger charge is 2.23. The second kappa shape index (κ2) is 7.98. The average Bonchev–Trinajstić information content (AvgIpc) is 3.30. The van der Waals surface area contributed by atoms with Crippen molar-refractivity contribution < 1.29 is 4.39 Å². The number of aromatic amines is 1. The second-order valence-electron chi connectivity index (χ2n) is 7.33. The van der Waals surface area contributed by atoms with E-state index in [9.17, 15) is 4.39 Å². The minimum atomic E-state index is -0.302. The third-order valence-electron chi connectivity index (χ3n) is 5.41. The van der Waals surface area contributed by atoms with Gasteiger partial charge < -0.3 is 9.88 Å². The molecule has 30 heavy (non-hydrogen) atoms. The van der Waals surface area contributed by atoms with Crippen LogP contribution < -0.4 is 4.90 Å². The van der Waals surface area contributed by atoms with Crippen molar-refractivity contribution in [3.05, 3.63) is 72.8 Å². The van der Waals surface area contributed by atoms with E-state index in [2.05, 4.69) is 35.0 Å². The molecule has 1 saturated heterocycles. The average molecular weight is 401 g/mol. The van der Waals surface area contributed by atoms with Crippen molar-refractivity contribution in [2.24, 2.45) is 0 Å². The van der Waals surface area contributed by atoms with Gasteiger partial charge in [-0.1, -0.05) is 12.1 Å². The van der Waals surface area contributed by atoms with E-state index in [1.165, 1.54) is 12.1 Å². The molecule has 4 aromatic rings. The van der Waals surface area contributed by atoms with Gasteiger partial charge in [-0.05, 0) is 37.1 Å². The third kappa shape index (κ3) is 3.76. The van der Waals surface area contributed by atoms with Crippen molar-refractivity contribution in [3.63, 3.8) is 0 Å². The van der Waals surface area contributed by atoms with Crippen molar-refractivity contribution >= 4 is 5.82 Å². The van der Waals surface area contributed by atoms with Gasteiger partial charge in [0.25, 0.3) is 0 Å². The molecule has 0 radical (unpaired) electrons. The Morgan fingerprint density at radius 1 is 0.933 bits per heavy atom. The lowest BCUT2D eigenvalue weighted by atomic mass is 9.96. The van der Waals surface area contributed by atoms with Crippen LogP contribution in [0.1, 0.15) is 24.6 Å². The van der Waals surface area contributed by atoms with Crippen molar-refractivity contribution in [1.82, 2.24) is 30.1 Å². The van der Waals surface area contributed by atoms with Crippen LogP contribution >= 0.6 is 0 Å². The zero-order valence-corrected chi connectivity index (χ0v) is 16.2. The number of imidazole rings is 1. The summed E-state index contributed by atoms with van der Waals surface area (Å²) in [6.45, 7) is 1.84. The van der Waals surface area contributed by atoms with Gasteiger partial charge >= 0.3 is 0 Å². The number of hydrogen-bond acceptors (Lipinski definition) is 6. The maximum atomic E-state index is 13.4. The van der Waals surface area contributed by atoms with E-state index in [4.69, 9.17) is 0 Å². The first-order valence-electron chi connectivity index (χ1n) is 9.92. The van der Waals surface area contributed by atoms with Gasteiger partial charge in [0.2, 0.25) is 0 Å². The summed E-state index contributed by atoms with van der Waals surface area (Å²) < 4.78 is 13.4. The lowest BCUT2D eigenvalue weighted by Gasteiger charge is -2.31. The minimum absolute atomic E-state index is 0.302. The summed E-state index contributed by atoms with van der Waals surface area (Å²) >= 11 is 0. The lowest BCUT2D eigenvalue weighted by Crippen LogP contribution is -2.33. The van der Waals surface area contributed by atoms with Crippen LogP contribution in [-0.2, 0) is 0 Å². The topological polar surface area (TPSA) is 83.5 Å². The summed E-state index contributed by atoms with van der Waals surface area (Å²) in [5.74, 6) is 2.47. The number of anilines is 1. The maximum absolute atomic E-state index is 13.4. The molecule has 5 rings (SSSR count). The predicted octanol–water partition coefficient (Wildman–Crippen LogP) is 3.85. The minimum Gasteiger partial charge on any atom is -0.355 e. The fraction of sp³-hybridized carbons (Fsp3) is 0.227. The number of benzene rings is 1. The Bertz CT molecular complexity index is 1120. The van der Waals surface area contributed by atoms with Crippen LogP contribution in [0.4, 0.5) is 10.2 Å². The highest BCUT2D eigenvalue weighted by molar-refractivity contribution is 5.60. The zero-order chi connectivity index (χ0) is 20.3. The van der Waals surface area contributed by atoms with E-state index < -0.39 is 0 Å². The van der Waals surface area contributed by atoms with Crippen molar-refractivity contribution in [1.29, 1.82) is 0 Å². The highest BCUT2D eigenvalue weighted by atomic mass is 19.1. The van der Waals surface area contributed by atoms with E-state index in [1.807, 2.05) is 18.3 Å². The van der Waals surface area contributed by atoms with E-state index in [-0.39, 0.29) is 5.82 Å². The predicted molar refractivity (Wildman–Crippen MR) is 111 cm³/mol. The molecule has 1 aliphatic rings. The van der Waals surface area contributed by atoms with Gasteiger partial charge in [0.1, 0.15) is 11.6 Å². The molecule has 0 bridgehead atoms. The molecule has 0 amide bonds. The SMILES string of the molecule is Fc1cccc(-c2ncc(-c3cnc(C4CCN(c5cccnn5)CC4)[nH]3)cn2)c1. The maximum Gasteiger partial charge on any atom is 0.159 e. The summed E-state index contributed by atoms with van der Waals surface area (Å²) in [6.07, 6.45) is 8.99. The van der Waals surface area contributed by atoms with Gasteiger partial charge in [0.05, 0.1) is 11.9 Å². The lowest BCUT2D eigenvalue weighted by molar-refractivity contribution is 0.485. The summed E-state index contributed by atoms with van der Waals surface area (Å²) in [7, 11) is 0. The summed E-state index contributed by atoms with van der Waals surface area (Å²) in [4.78, 5) is 19.1. The first-order chi connectivity index (χ1) is 14.8. The Balaban J connectivity index is 1.27. The van der Waals surface area contributed by atoms with Crippen LogP contribution in [0.15, 0.2) is 61.2 Å². The van der Waals surface area contributed by atoms with Gasteiger partial charge in [-0.25, -0.2) is 19.3 Å². The first-order valence-corrected chi connectivity index (χ1v) is 9.92. The van der Waals surface area contributed by atoms with Gasteiger partial charge in [-0.3, -0.25) is 0 Å². The van der Waals surface area contributed by atoms with Gasteiger partial charge in [-0.2, -0.15) is 5.10 Å². The largest absolute Gasteiger partial charge is 0.355 e. The quantitative estimate of drug-likeness (QED) is 0.559. The Morgan fingerprint density at radius 2 is 1.77 bits per heavy atom. The fourth-order valence-electron chi connectivity index (χ4n) is 3.78. The third-order valence-corrected chi connectivity index (χ3v) is 5.41. The molecule has 150 valence electrons. The molecule has 7 nitrogen and oxygen atoms in total. The molecule has 1 fully saturated rings. The molecule has 0 aliphatic carbocycles. The Kier molecular flexibility index (Phi) is 4.88. The van der Waals surface area contributed by atoms with Crippen LogP contribution in [-0.4, -0.2) is 43.2 Å². The summed E-state index contributed by atoms with van der Waals surface area (Å²) in [6, 6.07) is 10.2. The number of aromatic nitrogens is 6. The number of H-pyrrole nitrogens is 1. The second-order valence-corrected chi connectivity index (χ2v) is 7.33. The van der Waals surface area contributed by atoms with E-state index in [0.29, 0.717) is 17.3 Å². The number of halogens is 1. The van der Waals surface area contributed by atoms with Crippen molar-refractivity contribution in [3.8, 4) is 22.6 Å². The van der Waals surface area contributed by atoms with Crippen LogP contribution in [0.3, 0.4) is 0 Å². The zero-order valence-electron chi connectivity index (χ0n) is 16.2. The van der Waals surface area contributed by atoms with Crippen molar-refractivity contribution in [2.75, 3.05) is 18.0 Å². The standard InChI is InChI=1S/C22H20FN7/c23-18-4-1-3-16(11-18)21-24-12-17(13-25-21)19-14-26-22(28-19)15-6-9-30(10-7-15)20-5-2-8-27-29-20/h1-5,8,11-15H,6-7,9-10H2,(H,26,28). The normalized spacial score (nSPS) is 14.8. The first kappa shape index (κ1) is 18.4. The summed E-state index contributed by atoms with van der Waals surface area (Å²) in [5.41, 5.74) is 2.39. The van der Waals surface area contributed by atoms with E-state index in [0.717, 1.165) is 48.8 Å². The Morgan fingerprint density at radius 3 is 2.50 bits per heavy atom. The van der Waals surface area contributed by atoms with Crippen LogP contribution in [0, 0.1) is 5.82 Å². The molecular weight excluding hydrogens is 381 g/mol. The monoisotopic (exact) mass is 401 g/mol. The van der Waals surface area contributed by atoms with Gasteiger partial charge in [-0.15, -0.1) is 5.10 Å². The van der Waals surface area contributed by atoms with Gasteiger partial charge in [0.15, 0.2) is 11.6 Å². The van der Waals surface area contributed by atoms with E-state index in [1.54, 1.807) is 30.7 Å². The molecule has 0 atom stereocenters. The smallest absolute Gasteiger partial charge is 0.159 e. The van der Waals surface area contributed by atoms with Crippen LogP contribution in [0.2, 0.25) is 0 Å². The molecule has 0 unspecified atom stereocenters. The summed E-state index contributed by atoms with van der Waals surface area (Å²) in [5, 5.41) is 8.16. The van der Waals surface area contributed by atoms with Crippen molar-refractivity contribution in [2.45, 2.75) is 18.8 Å². The number of nitrogens with zero attached hydrogens (tertiary/aromatic N) is 6.